The second-order valence-electron chi connectivity index (χ2n) is 5.52. The van der Waals surface area contributed by atoms with Crippen molar-refractivity contribution in [2.75, 3.05) is 23.7 Å². The Labute approximate surface area is 144 Å². The minimum atomic E-state index is -3.45. The highest BCUT2D eigenvalue weighted by Crippen LogP contribution is 2.14. The smallest absolute Gasteiger partial charge is 0.253 e. The monoisotopic (exact) mass is 344 g/mol. The van der Waals surface area contributed by atoms with E-state index in [9.17, 15) is 8.42 Å². The van der Waals surface area contributed by atoms with Crippen molar-refractivity contribution >= 4 is 21.9 Å². The summed E-state index contributed by atoms with van der Waals surface area (Å²) in [6.45, 7) is 6.10. The second kappa shape index (κ2) is 8.64. The average molecular weight is 344 g/mol. The van der Waals surface area contributed by atoms with Crippen LogP contribution in [0.4, 0.5) is 5.69 Å². The molecule has 2 rings (SSSR count). The van der Waals surface area contributed by atoms with Crippen molar-refractivity contribution in [2.24, 2.45) is 4.40 Å². The molecule has 0 N–H and O–H groups in total. The fraction of sp³-hybridized carbons (Fsp3) is 0.316. The van der Waals surface area contributed by atoms with E-state index in [2.05, 4.69) is 23.1 Å². The quantitative estimate of drug-likeness (QED) is 0.689. The van der Waals surface area contributed by atoms with Gasteiger partial charge in [0.1, 0.15) is 0 Å². The molecule has 0 unspecified atom stereocenters. The molecule has 0 saturated carbocycles. The zero-order valence-corrected chi connectivity index (χ0v) is 15.0. The van der Waals surface area contributed by atoms with Crippen molar-refractivity contribution in [2.45, 2.75) is 20.3 Å². The van der Waals surface area contributed by atoms with Gasteiger partial charge in [-0.05, 0) is 43.5 Å². The summed E-state index contributed by atoms with van der Waals surface area (Å²) in [7, 11) is -3.45. The molecule has 2 aromatic rings. The maximum absolute atomic E-state index is 12.0. The highest BCUT2D eigenvalue weighted by Gasteiger charge is 2.08. The lowest BCUT2D eigenvalue weighted by atomic mass is 10.2. The summed E-state index contributed by atoms with van der Waals surface area (Å²) in [5, 5.41) is 0. The van der Waals surface area contributed by atoms with E-state index in [0.29, 0.717) is 6.42 Å². The zero-order chi connectivity index (χ0) is 17.4. The topological polar surface area (TPSA) is 49.7 Å². The van der Waals surface area contributed by atoms with Crippen molar-refractivity contribution in [3.8, 4) is 0 Å². The van der Waals surface area contributed by atoms with E-state index in [4.69, 9.17) is 0 Å². The highest BCUT2D eigenvalue weighted by molar-refractivity contribution is 7.90. The van der Waals surface area contributed by atoms with Crippen molar-refractivity contribution in [3.05, 3.63) is 65.7 Å². The van der Waals surface area contributed by atoms with Gasteiger partial charge in [-0.3, -0.25) is 0 Å². The molecule has 0 fully saturated rings. The van der Waals surface area contributed by atoms with Gasteiger partial charge in [-0.15, -0.1) is 0 Å². The van der Waals surface area contributed by atoms with Crippen LogP contribution in [0.2, 0.25) is 0 Å². The Morgan fingerprint density at radius 1 is 0.958 bits per heavy atom. The van der Waals surface area contributed by atoms with E-state index in [1.807, 2.05) is 54.6 Å². The minimum Gasteiger partial charge on any atom is -0.372 e. The lowest BCUT2D eigenvalue weighted by Crippen LogP contribution is -2.21. The molecule has 0 saturated heterocycles. The second-order valence-corrected chi connectivity index (χ2v) is 7.30. The van der Waals surface area contributed by atoms with Crippen LogP contribution < -0.4 is 4.90 Å². The molecule has 0 bridgehead atoms. The fourth-order valence-corrected chi connectivity index (χ4v) is 3.33. The summed E-state index contributed by atoms with van der Waals surface area (Å²) >= 11 is 0. The molecule has 128 valence electrons. The third-order valence-electron chi connectivity index (χ3n) is 3.88. The normalized spacial score (nSPS) is 11.8. The molecule has 0 aliphatic carbocycles. The van der Waals surface area contributed by atoms with Gasteiger partial charge >= 0.3 is 0 Å². The van der Waals surface area contributed by atoms with Crippen LogP contribution in [0.25, 0.3) is 0 Å². The summed E-state index contributed by atoms with van der Waals surface area (Å²) < 4.78 is 27.9. The third kappa shape index (κ3) is 5.49. The van der Waals surface area contributed by atoms with Gasteiger partial charge in [-0.1, -0.05) is 42.5 Å². The number of hydrogen-bond acceptors (Lipinski definition) is 3. The first-order chi connectivity index (χ1) is 11.5. The number of rotatable bonds is 8. The number of hydrogen-bond donors (Lipinski definition) is 0. The van der Waals surface area contributed by atoms with Crippen LogP contribution in [-0.2, 0) is 16.4 Å². The molecule has 0 atom stereocenters. The Morgan fingerprint density at radius 3 is 2.17 bits per heavy atom. The van der Waals surface area contributed by atoms with Gasteiger partial charge < -0.3 is 4.90 Å². The van der Waals surface area contributed by atoms with Crippen LogP contribution in [0.3, 0.4) is 0 Å². The SMILES string of the molecule is CCN(CC)c1ccc(C=NS(=O)(=O)CCc2ccccc2)cc1. The van der Waals surface area contributed by atoms with Gasteiger partial charge in [0, 0.05) is 25.0 Å². The van der Waals surface area contributed by atoms with Gasteiger partial charge in [-0.2, -0.15) is 4.40 Å². The fourth-order valence-electron chi connectivity index (χ4n) is 2.45. The number of nitrogens with zero attached hydrogens (tertiary/aromatic N) is 2. The molecule has 0 aromatic heterocycles. The largest absolute Gasteiger partial charge is 0.372 e. The van der Waals surface area contributed by atoms with Gasteiger partial charge in [-0.25, -0.2) is 8.42 Å². The molecule has 0 radical (unpaired) electrons. The van der Waals surface area contributed by atoms with E-state index in [-0.39, 0.29) is 5.75 Å². The van der Waals surface area contributed by atoms with E-state index in [0.717, 1.165) is 29.9 Å². The molecule has 0 spiro atoms. The molecular weight excluding hydrogens is 320 g/mol. The lowest BCUT2D eigenvalue weighted by molar-refractivity contribution is 0.597. The Hall–Kier alpha value is -2.14. The van der Waals surface area contributed by atoms with Crippen molar-refractivity contribution < 1.29 is 8.42 Å². The Morgan fingerprint density at radius 2 is 1.58 bits per heavy atom. The van der Waals surface area contributed by atoms with Crippen LogP contribution >= 0.6 is 0 Å². The minimum absolute atomic E-state index is 0.0189. The standard InChI is InChI=1S/C19H24N2O2S/c1-3-21(4-2)19-12-10-18(11-13-19)16-20-24(22,23)15-14-17-8-6-5-7-9-17/h5-13,16H,3-4,14-15H2,1-2H3. The molecule has 24 heavy (non-hydrogen) atoms. The average Bonchev–Trinajstić information content (AvgIpc) is 2.61. The van der Waals surface area contributed by atoms with Gasteiger partial charge in [0.05, 0.1) is 5.75 Å². The number of aryl methyl sites for hydroxylation is 1. The molecule has 5 heteroatoms. The summed E-state index contributed by atoms with van der Waals surface area (Å²) in [5.74, 6) is 0.0189. The van der Waals surface area contributed by atoms with Gasteiger partial charge in [0.15, 0.2) is 0 Å². The molecule has 4 nitrogen and oxygen atoms in total. The Balaban J connectivity index is 1.98. The summed E-state index contributed by atoms with van der Waals surface area (Å²) in [5.41, 5.74) is 2.91. The van der Waals surface area contributed by atoms with Gasteiger partial charge in [0.25, 0.3) is 10.0 Å². The van der Waals surface area contributed by atoms with E-state index in [1.54, 1.807) is 0 Å². The molecule has 0 amide bonds. The van der Waals surface area contributed by atoms with Gasteiger partial charge in [0.2, 0.25) is 0 Å². The molecule has 0 aliphatic heterocycles. The third-order valence-corrected chi connectivity index (χ3v) is 5.02. The maximum Gasteiger partial charge on any atom is 0.253 e. The summed E-state index contributed by atoms with van der Waals surface area (Å²) in [6.07, 6.45) is 1.90. The van der Waals surface area contributed by atoms with E-state index < -0.39 is 10.0 Å². The number of benzene rings is 2. The Kier molecular flexibility index (Phi) is 6.55. The highest BCUT2D eigenvalue weighted by atomic mass is 32.2. The predicted octanol–water partition coefficient (Wildman–Crippen LogP) is 3.52. The van der Waals surface area contributed by atoms with Crippen LogP contribution in [-0.4, -0.2) is 33.5 Å². The molecule has 0 aliphatic rings. The van der Waals surface area contributed by atoms with E-state index >= 15 is 0 Å². The first-order valence-corrected chi connectivity index (χ1v) is 9.82. The number of anilines is 1. The maximum atomic E-state index is 12.0. The van der Waals surface area contributed by atoms with Crippen molar-refractivity contribution in [3.63, 3.8) is 0 Å². The van der Waals surface area contributed by atoms with Crippen LogP contribution in [0, 0.1) is 0 Å². The van der Waals surface area contributed by atoms with Crippen LogP contribution in [0.15, 0.2) is 59.0 Å². The zero-order valence-electron chi connectivity index (χ0n) is 14.2. The van der Waals surface area contributed by atoms with Crippen molar-refractivity contribution in [1.29, 1.82) is 0 Å². The number of sulfonamides is 1. The molecule has 2 aromatic carbocycles. The van der Waals surface area contributed by atoms with E-state index in [1.165, 1.54) is 6.21 Å². The summed E-state index contributed by atoms with van der Waals surface area (Å²) in [4.78, 5) is 2.23. The molecular formula is C19H24N2O2S. The first kappa shape index (κ1) is 18.2. The lowest BCUT2D eigenvalue weighted by Gasteiger charge is -2.20. The molecule has 0 heterocycles. The van der Waals surface area contributed by atoms with Crippen LogP contribution in [0.5, 0.6) is 0 Å². The first-order valence-electron chi connectivity index (χ1n) is 8.21. The summed E-state index contributed by atoms with van der Waals surface area (Å²) in [6, 6.07) is 17.3. The van der Waals surface area contributed by atoms with Crippen molar-refractivity contribution in [1.82, 2.24) is 0 Å². The predicted molar refractivity (Wildman–Crippen MR) is 102 cm³/mol. The Bertz CT molecular complexity index is 750. The van der Waals surface area contributed by atoms with Crippen LogP contribution in [0.1, 0.15) is 25.0 Å².